The number of benzene rings is 1. The Balaban J connectivity index is 1.60. The molecule has 0 spiro atoms. The normalized spacial score (nSPS) is 16.9. The Morgan fingerprint density at radius 3 is 2.79 bits per heavy atom. The molecule has 0 unspecified atom stereocenters. The molecule has 2 N–H and O–H groups in total. The predicted molar refractivity (Wildman–Crippen MR) is 117 cm³/mol. The van der Waals surface area contributed by atoms with Crippen LogP contribution in [0.5, 0.6) is 0 Å². The molecule has 6 nitrogen and oxygen atoms in total. The summed E-state index contributed by atoms with van der Waals surface area (Å²) in [5.41, 5.74) is 6.66. The standard InChI is InChI=1S/C22H23N5OS/c1-12(2)19-16-9-15(21-26-27-22(28-21)18-10-29-11-24-18)4-5-17(16)25-20(19)14-6-7-23-13(3)8-14/h4-9,12,18,24-25H,10-11H2,1-3H3/t18-/m1/s1. The van der Waals surface area contributed by atoms with Crippen molar-refractivity contribution in [1.29, 1.82) is 0 Å². The molecule has 4 heterocycles. The van der Waals surface area contributed by atoms with Crippen LogP contribution in [0.2, 0.25) is 0 Å². The summed E-state index contributed by atoms with van der Waals surface area (Å²) in [6.07, 6.45) is 1.86. The first-order valence-corrected chi connectivity index (χ1v) is 11.0. The lowest BCUT2D eigenvalue weighted by atomic mass is 9.95. The number of pyridine rings is 1. The molecule has 0 saturated carbocycles. The Morgan fingerprint density at radius 2 is 2.03 bits per heavy atom. The summed E-state index contributed by atoms with van der Waals surface area (Å²) in [4.78, 5) is 7.94. The van der Waals surface area contributed by atoms with E-state index in [9.17, 15) is 0 Å². The van der Waals surface area contributed by atoms with Crippen LogP contribution in [-0.4, -0.2) is 31.8 Å². The van der Waals surface area contributed by atoms with E-state index in [1.165, 1.54) is 10.9 Å². The van der Waals surface area contributed by atoms with Crippen LogP contribution in [0.1, 0.15) is 43.0 Å². The molecule has 7 heteroatoms. The topological polar surface area (TPSA) is 79.6 Å². The number of thioether (sulfide) groups is 1. The maximum atomic E-state index is 5.99. The van der Waals surface area contributed by atoms with Gasteiger partial charge in [-0.05, 0) is 48.7 Å². The Kier molecular flexibility index (Phi) is 4.64. The molecule has 1 aliphatic rings. The summed E-state index contributed by atoms with van der Waals surface area (Å²) in [5.74, 6) is 3.48. The van der Waals surface area contributed by atoms with Crippen molar-refractivity contribution in [2.24, 2.45) is 0 Å². The highest BCUT2D eigenvalue weighted by atomic mass is 32.2. The first-order valence-electron chi connectivity index (χ1n) is 9.83. The van der Waals surface area contributed by atoms with Gasteiger partial charge in [0.15, 0.2) is 0 Å². The van der Waals surface area contributed by atoms with Crippen LogP contribution in [0.3, 0.4) is 0 Å². The molecule has 0 radical (unpaired) electrons. The van der Waals surface area contributed by atoms with Crippen LogP contribution in [0, 0.1) is 6.92 Å². The smallest absolute Gasteiger partial charge is 0.247 e. The largest absolute Gasteiger partial charge is 0.419 e. The third kappa shape index (κ3) is 3.34. The average Bonchev–Trinajstić information content (AvgIpc) is 3.45. The van der Waals surface area contributed by atoms with Crippen molar-refractivity contribution in [3.8, 4) is 22.7 Å². The fourth-order valence-electron chi connectivity index (χ4n) is 3.92. The van der Waals surface area contributed by atoms with Crippen LogP contribution >= 0.6 is 11.8 Å². The summed E-state index contributed by atoms with van der Waals surface area (Å²) in [7, 11) is 0. The van der Waals surface area contributed by atoms with Crippen LogP contribution < -0.4 is 5.32 Å². The molecule has 29 heavy (non-hydrogen) atoms. The zero-order valence-electron chi connectivity index (χ0n) is 16.7. The number of nitrogens with zero attached hydrogens (tertiary/aromatic N) is 3. The van der Waals surface area contributed by atoms with Crippen molar-refractivity contribution >= 4 is 22.7 Å². The average molecular weight is 406 g/mol. The Hall–Kier alpha value is -2.64. The molecule has 1 saturated heterocycles. The van der Waals surface area contributed by atoms with Crippen LogP contribution in [0.4, 0.5) is 0 Å². The van der Waals surface area contributed by atoms with E-state index in [2.05, 4.69) is 63.6 Å². The van der Waals surface area contributed by atoms with Crippen molar-refractivity contribution in [2.75, 3.05) is 11.6 Å². The maximum Gasteiger partial charge on any atom is 0.247 e. The quantitative estimate of drug-likeness (QED) is 0.495. The molecular formula is C22H23N5OS. The highest BCUT2D eigenvalue weighted by Gasteiger charge is 2.23. The number of aryl methyl sites for hydroxylation is 1. The van der Waals surface area contributed by atoms with Crippen molar-refractivity contribution in [3.05, 3.63) is 53.7 Å². The second-order valence-electron chi connectivity index (χ2n) is 7.73. The summed E-state index contributed by atoms with van der Waals surface area (Å²) in [6, 6.07) is 10.6. The lowest BCUT2D eigenvalue weighted by molar-refractivity contribution is 0.449. The first kappa shape index (κ1) is 18.4. The molecule has 0 bridgehead atoms. The van der Waals surface area contributed by atoms with Gasteiger partial charge >= 0.3 is 0 Å². The van der Waals surface area contributed by atoms with Crippen LogP contribution in [0.15, 0.2) is 40.9 Å². The molecule has 148 valence electrons. The van der Waals surface area contributed by atoms with Gasteiger partial charge in [0, 0.05) is 45.6 Å². The molecular weight excluding hydrogens is 382 g/mol. The van der Waals surface area contributed by atoms with Gasteiger partial charge in [-0.3, -0.25) is 10.3 Å². The SMILES string of the molecule is Cc1cc(-c2[nH]c3ccc(-c4nnc([C@H]5CSCN5)o4)cc3c2C(C)C)ccn1. The monoisotopic (exact) mass is 405 g/mol. The van der Waals surface area contributed by atoms with E-state index in [0.717, 1.165) is 39.7 Å². The van der Waals surface area contributed by atoms with Gasteiger partial charge in [-0.25, -0.2) is 0 Å². The molecule has 5 rings (SSSR count). The van der Waals surface area contributed by atoms with E-state index in [1.54, 1.807) is 0 Å². The number of aromatic nitrogens is 4. The maximum absolute atomic E-state index is 5.99. The lowest BCUT2D eigenvalue weighted by Gasteiger charge is -2.09. The van der Waals surface area contributed by atoms with E-state index >= 15 is 0 Å². The fourth-order valence-corrected chi connectivity index (χ4v) is 4.85. The highest BCUT2D eigenvalue weighted by Crippen LogP contribution is 2.37. The van der Waals surface area contributed by atoms with Gasteiger partial charge in [-0.2, -0.15) is 0 Å². The number of aromatic amines is 1. The summed E-state index contributed by atoms with van der Waals surface area (Å²) >= 11 is 1.84. The number of fused-ring (bicyclic) bond motifs is 1. The van der Waals surface area contributed by atoms with Gasteiger partial charge in [0.1, 0.15) is 0 Å². The van der Waals surface area contributed by atoms with Crippen molar-refractivity contribution < 1.29 is 4.42 Å². The van der Waals surface area contributed by atoms with Gasteiger partial charge in [-0.15, -0.1) is 22.0 Å². The third-order valence-corrected chi connectivity index (χ3v) is 6.24. The number of hydrogen-bond acceptors (Lipinski definition) is 6. The van der Waals surface area contributed by atoms with Gasteiger partial charge < -0.3 is 9.40 Å². The van der Waals surface area contributed by atoms with E-state index in [4.69, 9.17) is 4.42 Å². The minimum atomic E-state index is 0.144. The summed E-state index contributed by atoms with van der Waals surface area (Å²) in [6.45, 7) is 6.46. The number of hydrogen-bond donors (Lipinski definition) is 2. The second kappa shape index (κ2) is 7.31. The van der Waals surface area contributed by atoms with Crippen LogP contribution in [-0.2, 0) is 0 Å². The Morgan fingerprint density at radius 1 is 1.14 bits per heavy atom. The van der Waals surface area contributed by atoms with E-state index in [-0.39, 0.29) is 6.04 Å². The molecule has 4 aromatic rings. The Labute approximate surface area is 173 Å². The number of nitrogens with one attached hydrogen (secondary N) is 2. The minimum absolute atomic E-state index is 0.144. The molecule has 1 aliphatic heterocycles. The van der Waals surface area contributed by atoms with E-state index < -0.39 is 0 Å². The summed E-state index contributed by atoms with van der Waals surface area (Å²) in [5, 5.41) is 13.1. The van der Waals surface area contributed by atoms with Crippen molar-refractivity contribution in [1.82, 2.24) is 25.5 Å². The van der Waals surface area contributed by atoms with Gasteiger partial charge in [0.05, 0.1) is 11.7 Å². The van der Waals surface area contributed by atoms with E-state index in [1.807, 2.05) is 30.9 Å². The van der Waals surface area contributed by atoms with Crippen molar-refractivity contribution in [2.45, 2.75) is 32.7 Å². The third-order valence-electron chi connectivity index (χ3n) is 5.30. The zero-order chi connectivity index (χ0) is 20.0. The molecule has 1 atom stereocenters. The predicted octanol–water partition coefficient (Wildman–Crippen LogP) is 5.05. The molecule has 3 aromatic heterocycles. The van der Waals surface area contributed by atoms with Gasteiger partial charge in [0.2, 0.25) is 11.8 Å². The zero-order valence-corrected chi connectivity index (χ0v) is 17.5. The highest BCUT2D eigenvalue weighted by molar-refractivity contribution is 7.99. The lowest BCUT2D eigenvalue weighted by Crippen LogP contribution is -2.14. The summed E-state index contributed by atoms with van der Waals surface area (Å²) < 4.78 is 5.99. The Bertz CT molecular complexity index is 1170. The van der Waals surface area contributed by atoms with Gasteiger partial charge in [0.25, 0.3) is 0 Å². The number of rotatable bonds is 4. The van der Waals surface area contributed by atoms with Crippen molar-refractivity contribution in [3.63, 3.8) is 0 Å². The fraction of sp³-hybridized carbons (Fsp3) is 0.318. The van der Waals surface area contributed by atoms with Crippen LogP contribution in [0.25, 0.3) is 33.6 Å². The van der Waals surface area contributed by atoms with E-state index in [0.29, 0.717) is 17.7 Å². The molecule has 1 aromatic carbocycles. The molecule has 0 amide bonds. The molecule has 1 fully saturated rings. The second-order valence-corrected chi connectivity index (χ2v) is 8.76. The first-order chi connectivity index (χ1) is 14.1. The van der Waals surface area contributed by atoms with Gasteiger partial charge in [-0.1, -0.05) is 13.8 Å². The minimum Gasteiger partial charge on any atom is -0.419 e. The molecule has 0 aliphatic carbocycles. The number of H-pyrrole nitrogens is 1.